The van der Waals surface area contributed by atoms with Crippen LogP contribution in [0.3, 0.4) is 0 Å². The molecule has 2 rings (SSSR count). The first kappa shape index (κ1) is 15.5. The first-order chi connectivity index (χ1) is 9.94. The third-order valence-corrected chi connectivity index (χ3v) is 4.53. The minimum atomic E-state index is -3.36. The van der Waals surface area contributed by atoms with E-state index in [9.17, 15) is 13.5 Å². The largest absolute Gasteiger partial charge is 0.508 e. The molecule has 2 N–H and O–H groups in total. The van der Waals surface area contributed by atoms with Crippen molar-refractivity contribution < 1.29 is 13.5 Å². The lowest BCUT2D eigenvalue weighted by Gasteiger charge is -2.14. The van der Waals surface area contributed by atoms with E-state index in [0.29, 0.717) is 6.42 Å². The van der Waals surface area contributed by atoms with Gasteiger partial charge in [0.15, 0.2) is 0 Å². The predicted molar refractivity (Wildman–Crippen MR) is 83.5 cm³/mol. The summed E-state index contributed by atoms with van der Waals surface area (Å²) in [5, 5.41) is 9.23. The Morgan fingerprint density at radius 2 is 1.62 bits per heavy atom. The molecule has 0 bridgehead atoms. The molecule has 0 aliphatic rings. The van der Waals surface area contributed by atoms with Crippen LogP contribution in [0.15, 0.2) is 54.6 Å². The van der Waals surface area contributed by atoms with Gasteiger partial charge in [-0.05, 0) is 36.6 Å². The Morgan fingerprint density at radius 1 is 1.00 bits per heavy atom. The third-order valence-electron chi connectivity index (χ3n) is 3.06. The molecule has 1 unspecified atom stereocenters. The van der Waals surface area contributed by atoms with Crippen molar-refractivity contribution in [3.8, 4) is 5.75 Å². The summed E-state index contributed by atoms with van der Waals surface area (Å²) in [5.74, 6) is 0.185. The highest BCUT2D eigenvalue weighted by atomic mass is 32.2. The molecular weight excluding hydrogens is 286 g/mol. The van der Waals surface area contributed by atoms with Crippen molar-refractivity contribution in [2.45, 2.75) is 25.1 Å². The molecular formula is C16H19NO3S. The Kier molecular flexibility index (Phi) is 4.98. The Morgan fingerprint density at radius 3 is 2.24 bits per heavy atom. The number of hydrogen-bond donors (Lipinski definition) is 2. The van der Waals surface area contributed by atoms with E-state index >= 15 is 0 Å². The molecule has 112 valence electrons. The number of aromatic hydroxyl groups is 1. The van der Waals surface area contributed by atoms with E-state index in [-0.39, 0.29) is 17.5 Å². The number of rotatable bonds is 6. The summed E-state index contributed by atoms with van der Waals surface area (Å²) in [5.41, 5.74) is 1.74. The normalized spacial score (nSPS) is 13.0. The van der Waals surface area contributed by atoms with Crippen LogP contribution in [0, 0.1) is 0 Å². The van der Waals surface area contributed by atoms with Crippen LogP contribution in [0.2, 0.25) is 0 Å². The molecule has 0 aliphatic carbocycles. The molecule has 0 heterocycles. The maximum absolute atomic E-state index is 12.1. The number of phenolic OH excluding ortho intramolecular Hbond substituents is 1. The van der Waals surface area contributed by atoms with Crippen molar-refractivity contribution in [1.29, 1.82) is 0 Å². The summed E-state index contributed by atoms with van der Waals surface area (Å²) >= 11 is 0. The van der Waals surface area contributed by atoms with Crippen LogP contribution in [-0.2, 0) is 22.2 Å². The van der Waals surface area contributed by atoms with Crippen LogP contribution in [0.25, 0.3) is 0 Å². The minimum absolute atomic E-state index is 0.0201. The van der Waals surface area contributed by atoms with Gasteiger partial charge in [0, 0.05) is 6.04 Å². The monoisotopic (exact) mass is 305 g/mol. The molecule has 0 aliphatic heterocycles. The van der Waals surface area contributed by atoms with E-state index < -0.39 is 10.0 Å². The standard InChI is InChI=1S/C16H19NO3S/c1-13(11-14-7-9-16(18)10-8-14)17-21(19,20)12-15-5-3-2-4-6-15/h2-10,13,17-18H,11-12H2,1H3. The maximum atomic E-state index is 12.1. The lowest BCUT2D eigenvalue weighted by atomic mass is 10.1. The van der Waals surface area contributed by atoms with E-state index in [1.807, 2.05) is 25.1 Å². The van der Waals surface area contributed by atoms with Crippen LogP contribution in [0.1, 0.15) is 18.1 Å². The average Bonchev–Trinajstić information content (AvgIpc) is 2.41. The molecule has 21 heavy (non-hydrogen) atoms. The first-order valence-electron chi connectivity index (χ1n) is 6.76. The summed E-state index contributed by atoms with van der Waals surface area (Å²) in [7, 11) is -3.36. The van der Waals surface area contributed by atoms with Crippen LogP contribution >= 0.6 is 0 Å². The molecule has 0 spiro atoms. The fourth-order valence-corrected chi connectivity index (χ4v) is 3.58. The fourth-order valence-electron chi connectivity index (χ4n) is 2.17. The van der Waals surface area contributed by atoms with Gasteiger partial charge in [-0.15, -0.1) is 0 Å². The van der Waals surface area contributed by atoms with Crippen molar-refractivity contribution in [2.24, 2.45) is 0 Å². The van der Waals surface area contributed by atoms with E-state index in [4.69, 9.17) is 0 Å². The zero-order valence-electron chi connectivity index (χ0n) is 11.9. The first-order valence-corrected chi connectivity index (χ1v) is 8.42. The van der Waals surface area contributed by atoms with Gasteiger partial charge in [0.05, 0.1) is 5.75 Å². The second-order valence-electron chi connectivity index (χ2n) is 5.13. The molecule has 5 heteroatoms. The molecule has 0 fully saturated rings. The quantitative estimate of drug-likeness (QED) is 0.861. The second-order valence-corrected chi connectivity index (χ2v) is 6.89. The molecule has 2 aromatic carbocycles. The highest BCUT2D eigenvalue weighted by molar-refractivity contribution is 7.88. The third kappa shape index (κ3) is 5.21. The van der Waals surface area contributed by atoms with Crippen molar-refractivity contribution in [3.63, 3.8) is 0 Å². The van der Waals surface area contributed by atoms with Gasteiger partial charge in [0.2, 0.25) is 10.0 Å². The topological polar surface area (TPSA) is 66.4 Å². The zero-order chi connectivity index (χ0) is 15.3. The lowest BCUT2D eigenvalue weighted by Crippen LogP contribution is -2.34. The number of phenols is 1. The molecule has 0 amide bonds. The van der Waals surface area contributed by atoms with Crippen molar-refractivity contribution in [1.82, 2.24) is 4.72 Å². The number of sulfonamides is 1. The Balaban J connectivity index is 1.95. The lowest BCUT2D eigenvalue weighted by molar-refractivity contribution is 0.475. The van der Waals surface area contributed by atoms with Crippen LogP contribution in [-0.4, -0.2) is 19.6 Å². The molecule has 0 saturated heterocycles. The molecule has 0 aromatic heterocycles. The van der Waals surface area contributed by atoms with Gasteiger partial charge in [-0.1, -0.05) is 42.5 Å². The average molecular weight is 305 g/mol. The van der Waals surface area contributed by atoms with E-state index in [0.717, 1.165) is 11.1 Å². The predicted octanol–water partition coefficient (Wildman–Crippen LogP) is 2.44. The number of nitrogens with one attached hydrogen (secondary N) is 1. The number of hydrogen-bond acceptors (Lipinski definition) is 3. The number of benzene rings is 2. The Hall–Kier alpha value is -1.85. The molecule has 4 nitrogen and oxygen atoms in total. The van der Waals surface area contributed by atoms with Gasteiger partial charge in [-0.25, -0.2) is 13.1 Å². The summed E-state index contributed by atoms with van der Waals surface area (Å²) in [4.78, 5) is 0. The van der Waals surface area contributed by atoms with Gasteiger partial charge in [-0.2, -0.15) is 0 Å². The van der Waals surface area contributed by atoms with Gasteiger partial charge < -0.3 is 5.11 Å². The van der Waals surface area contributed by atoms with Gasteiger partial charge >= 0.3 is 0 Å². The van der Waals surface area contributed by atoms with E-state index in [1.54, 1.807) is 36.4 Å². The summed E-state index contributed by atoms with van der Waals surface area (Å²) in [6.45, 7) is 1.83. The van der Waals surface area contributed by atoms with Crippen molar-refractivity contribution >= 4 is 10.0 Å². The summed E-state index contributed by atoms with van der Waals surface area (Å²) in [6, 6.07) is 15.7. The SMILES string of the molecule is CC(Cc1ccc(O)cc1)NS(=O)(=O)Cc1ccccc1. The molecule has 2 aromatic rings. The summed E-state index contributed by atoms with van der Waals surface area (Å²) in [6.07, 6.45) is 0.578. The zero-order valence-corrected chi connectivity index (χ0v) is 12.7. The Labute approximate surface area is 125 Å². The van der Waals surface area contributed by atoms with Gasteiger partial charge in [0.1, 0.15) is 5.75 Å². The van der Waals surface area contributed by atoms with Gasteiger partial charge in [0.25, 0.3) is 0 Å². The summed E-state index contributed by atoms with van der Waals surface area (Å²) < 4.78 is 26.9. The van der Waals surface area contributed by atoms with Crippen molar-refractivity contribution in [2.75, 3.05) is 0 Å². The maximum Gasteiger partial charge on any atom is 0.216 e. The Bertz CT molecular complexity index is 666. The van der Waals surface area contributed by atoms with Crippen LogP contribution in [0.5, 0.6) is 5.75 Å². The highest BCUT2D eigenvalue weighted by Crippen LogP contribution is 2.12. The fraction of sp³-hybridized carbons (Fsp3) is 0.250. The molecule has 0 saturated carbocycles. The van der Waals surface area contributed by atoms with E-state index in [2.05, 4.69) is 4.72 Å². The smallest absolute Gasteiger partial charge is 0.216 e. The van der Waals surface area contributed by atoms with Crippen LogP contribution in [0.4, 0.5) is 0 Å². The minimum Gasteiger partial charge on any atom is -0.508 e. The van der Waals surface area contributed by atoms with Crippen LogP contribution < -0.4 is 4.72 Å². The second kappa shape index (κ2) is 6.74. The molecule has 1 atom stereocenters. The van der Waals surface area contributed by atoms with E-state index in [1.165, 1.54) is 0 Å². The molecule has 0 radical (unpaired) electrons. The highest BCUT2D eigenvalue weighted by Gasteiger charge is 2.15. The van der Waals surface area contributed by atoms with Gasteiger partial charge in [-0.3, -0.25) is 0 Å². The van der Waals surface area contributed by atoms with Crippen molar-refractivity contribution in [3.05, 3.63) is 65.7 Å².